The van der Waals surface area contributed by atoms with Crippen LogP contribution in [0.1, 0.15) is 16.7 Å². The van der Waals surface area contributed by atoms with Gasteiger partial charge in [0.15, 0.2) is 6.61 Å². The van der Waals surface area contributed by atoms with Crippen molar-refractivity contribution in [3.05, 3.63) is 59.2 Å². The Morgan fingerprint density at radius 2 is 1.83 bits per heavy atom. The summed E-state index contributed by atoms with van der Waals surface area (Å²) in [5.74, 6) is 1.48. The van der Waals surface area contributed by atoms with Gasteiger partial charge in [-0.1, -0.05) is 24.3 Å². The van der Waals surface area contributed by atoms with E-state index in [1.807, 2.05) is 56.3 Å². The summed E-state index contributed by atoms with van der Waals surface area (Å²) in [4.78, 5) is 11.8. The van der Waals surface area contributed by atoms with Crippen molar-refractivity contribution in [2.45, 2.75) is 20.3 Å². The minimum Gasteiger partial charge on any atom is -0.497 e. The van der Waals surface area contributed by atoms with Gasteiger partial charge in [0, 0.05) is 6.54 Å². The predicted octanol–water partition coefficient (Wildman–Crippen LogP) is 3.05. The Hall–Kier alpha value is -2.49. The first-order valence-corrected chi connectivity index (χ1v) is 7.68. The molecule has 0 saturated heterocycles. The van der Waals surface area contributed by atoms with Crippen molar-refractivity contribution >= 4 is 5.91 Å². The van der Waals surface area contributed by atoms with Crippen molar-refractivity contribution in [2.24, 2.45) is 0 Å². The fraction of sp³-hybridized carbons (Fsp3) is 0.316. The molecule has 0 unspecified atom stereocenters. The van der Waals surface area contributed by atoms with Crippen LogP contribution in [0.4, 0.5) is 0 Å². The molecule has 0 spiro atoms. The summed E-state index contributed by atoms with van der Waals surface area (Å²) in [7, 11) is 1.64. The summed E-state index contributed by atoms with van der Waals surface area (Å²) in [6, 6.07) is 13.8. The zero-order valence-corrected chi connectivity index (χ0v) is 13.9. The van der Waals surface area contributed by atoms with Crippen LogP contribution in [0.3, 0.4) is 0 Å². The molecule has 0 aliphatic heterocycles. The molecule has 0 aromatic heterocycles. The average Bonchev–Trinajstić information content (AvgIpc) is 2.56. The molecule has 122 valence electrons. The lowest BCUT2D eigenvalue weighted by Crippen LogP contribution is -2.30. The molecule has 2 aromatic rings. The minimum absolute atomic E-state index is 0.0346. The maximum absolute atomic E-state index is 11.8. The Balaban J connectivity index is 1.73. The number of hydrogen-bond donors (Lipinski definition) is 1. The number of carbonyl (C=O) groups excluding carboxylic acids is 1. The van der Waals surface area contributed by atoms with Crippen molar-refractivity contribution in [3.63, 3.8) is 0 Å². The van der Waals surface area contributed by atoms with Gasteiger partial charge >= 0.3 is 0 Å². The minimum atomic E-state index is -0.112. The van der Waals surface area contributed by atoms with Crippen molar-refractivity contribution in [3.8, 4) is 11.5 Å². The summed E-state index contributed by atoms with van der Waals surface area (Å²) in [5, 5.41) is 2.87. The maximum atomic E-state index is 11.8. The number of amides is 1. The number of methoxy groups -OCH3 is 1. The first-order chi connectivity index (χ1) is 11.1. The zero-order chi connectivity index (χ0) is 16.7. The smallest absolute Gasteiger partial charge is 0.257 e. The van der Waals surface area contributed by atoms with Crippen molar-refractivity contribution in [1.82, 2.24) is 5.32 Å². The fourth-order valence-corrected chi connectivity index (χ4v) is 2.20. The number of hydrogen-bond acceptors (Lipinski definition) is 3. The molecule has 0 radical (unpaired) electrons. The third kappa shape index (κ3) is 5.33. The number of ether oxygens (including phenoxy) is 2. The molecular weight excluding hydrogens is 290 g/mol. The Morgan fingerprint density at radius 3 is 2.52 bits per heavy atom. The highest BCUT2D eigenvalue weighted by molar-refractivity contribution is 5.77. The summed E-state index contributed by atoms with van der Waals surface area (Å²) in [5.41, 5.74) is 3.30. The average molecular weight is 313 g/mol. The molecule has 0 bridgehead atoms. The van der Waals surface area contributed by atoms with E-state index in [0.29, 0.717) is 6.54 Å². The monoisotopic (exact) mass is 313 g/mol. The SMILES string of the molecule is COc1ccc(CCNC(=O)COc2cc(C)ccc2C)cc1. The van der Waals surface area contributed by atoms with Crippen LogP contribution in [0.15, 0.2) is 42.5 Å². The lowest BCUT2D eigenvalue weighted by Gasteiger charge is -2.10. The van der Waals surface area contributed by atoms with Crippen molar-refractivity contribution in [1.29, 1.82) is 0 Å². The van der Waals surface area contributed by atoms with E-state index in [1.54, 1.807) is 7.11 Å². The highest BCUT2D eigenvalue weighted by Gasteiger charge is 2.05. The Bertz CT molecular complexity index is 650. The summed E-state index contributed by atoms with van der Waals surface area (Å²) < 4.78 is 10.7. The highest BCUT2D eigenvalue weighted by Crippen LogP contribution is 2.18. The van der Waals surface area contributed by atoms with Crippen LogP contribution in [-0.2, 0) is 11.2 Å². The summed E-state index contributed by atoms with van der Waals surface area (Å²) in [6.45, 7) is 4.59. The van der Waals surface area contributed by atoms with Crippen molar-refractivity contribution < 1.29 is 14.3 Å². The van der Waals surface area contributed by atoms with E-state index < -0.39 is 0 Å². The van der Waals surface area contributed by atoms with Gasteiger partial charge in [-0.3, -0.25) is 4.79 Å². The molecule has 0 aliphatic carbocycles. The number of aryl methyl sites for hydroxylation is 2. The van der Waals surface area contributed by atoms with E-state index in [4.69, 9.17) is 9.47 Å². The molecule has 0 atom stereocenters. The molecule has 0 saturated carbocycles. The lowest BCUT2D eigenvalue weighted by atomic mass is 10.1. The van der Waals surface area contributed by atoms with E-state index in [-0.39, 0.29) is 12.5 Å². The molecule has 4 nitrogen and oxygen atoms in total. The standard InChI is InChI=1S/C19H23NO3/c1-14-4-5-15(2)18(12-14)23-13-19(21)20-11-10-16-6-8-17(22-3)9-7-16/h4-9,12H,10-11,13H2,1-3H3,(H,20,21). The van der Waals surface area contributed by atoms with Gasteiger partial charge in [-0.25, -0.2) is 0 Å². The van der Waals surface area contributed by atoms with Crippen LogP contribution in [0.5, 0.6) is 11.5 Å². The topological polar surface area (TPSA) is 47.6 Å². The Morgan fingerprint density at radius 1 is 1.09 bits per heavy atom. The van der Waals surface area contributed by atoms with Crippen LogP contribution in [-0.4, -0.2) is 26.2 Å². The third-order valence-electron chi connectivity index (χ3n) is 3.60. The van der Waals surface area contributed by atoms with Crippen molar-refractivity contribution in [2.75, 3.05) is 20.3 Å². The quantitative estimate of drug-likeness (QED) is 0.854. The van der Waals surface area contributed by atoms with Gasteiger partial charge in [0.25, 0.3) is 5.91 Å². The second-order valence-corrected chi connectivity index (χ2v) is 5.51. The van der Waals surface area contributed by atoms with Crippen LogP contribution in [0.2, 0.25) is 0 Å². The molecule has 0 heterocycles. The molecule has 0 aliphatic rings. The highest BCUT2D eigenvalue weighted by atomic mass is 16.5. The lowest BCUT2D eigenvalue weighted by molar-refractivity contribution is -0.123. The van der Waals surface area contributed by atoms with Crippen LogP contribution in [0, 0.1) is 13.8 Å². The first-order valence-electron chi connectivity index (χ1n) is 7.68. The molecule has 0 fully saturated rings. The Kier molecular flexibility index (Phi) is 6.03. The van der Waals surface area contributed by atoms with Crippen LogP contribution >= 0.6 is 0 Å². The predicted molar refractivity (Wildman–Crippen MR) is 91.1 cm³/mol. The second kappa shape index (κ2) is 8.22. The second-order valence-electron chi connectivity index (χ2n) is 5.51. The van der Waals surface area contributed by atoms with Gasteiger partial charge in [-0.15, -0.1) is 0 Å². The molecule has 23 heavy (non-hydrogen) atoms. The van der Waals surface area contributed by atoms with Crippen LogP contribution < -0.4 is 14.8 Å². The van der Waals surface area contributed by atoms with E-state index >= 15 is 0 Å². The van der Waals surface area contributed by atoms with Gasteiger partial charge < -0.3 is 14.8 Å². The fourth-order valence-electron chi connectivity index (χ4n) is 2.20. The Labute approximate surface area is 137 Å². The summed E-state index contributed by atoms with van der Waals surface area (Å²) >= 11 is 0. The molecule has 4 heteroatoms. The van der Waals surface area contributed by atoms with E-state index in [2.05, 4.69) is 5.32 Å². The van der Waals surface area contributed by atoms with E-state index in [0.717, 1.165) is 34.6 Å². The largest absolute Gasteiger partial charge is 0.497 e. The van der Waals surface area contributed by atoms with Gasteiger partial charge in [0.2, 0.25) is 0 Å². The molecule has 1 N–H and O–H groups in total. The van der Waals surface area contributed by atoms with Gasteiger partial charge in [0.1, 0.15) is 11.5 Å². The molecule has 1 amide bonds. The number of carbonyl (C=O) groups is 1. The van der Waals surface area contributed by atoms with Gasteiger partial charge in [-0.05, 0) is 55.2 Å². The zero-order valence-electron chi connectivity index (χ0n) is 13.9. The van der Waals surface area contributed by atoms with E-state index in [1.165, 1.54) is 0 Å². The maximum Gasteiger partial charge on any atom is 0.257 e. The number of nitrogens with one attached hydrogen (secondary N) is 1. The molecular formula is C19H23NO3. The van der Waals surface area contributed by atoms with Gasteiger partial charge in [-0.2, -0.15) is 0 Å². The van der Waals surface area contributed by atoms with Gasteiger partial charge in [0.05, 0.1) is 7.11 Å². The normalized spacial score (nSPS) is 10.2. The molecule has 2 aromatic carbocycles. The number of benzene rings is 2. The first kappa shape index (κ1) is 16.9. The number of rotatable bonds is 7. The van der Waals surface area contributed by atoms with Crippen LogP contribution in [0.25, 0.3) is 0 Å². The third-order valence-corrected chi connectivity index (χ3v) is 3.60. The molecule has 2 rings (SSSR count). The summed E-state index contributed by atoms with van der Waals surface area (Å²) in [6.07, 6.45) is 0.777. The van der Waals surface area contributed by atoms with E-state index in [9.17, 15) is 4.79 Å².